The lowest BCUT2D eigenvalue weighted by molar-refractivity contribution is -0.384. The van der Waals surface area contributed by atoms with E-state index in [0.29, 0.717) is 12.1 Å². The first-order valence-electron chi connectivity index (χ1n) is 7.15. The molecule has 1 amide bonds. The Morgan fingerprint density at radius 1 is 1.33 bits per heavy atom. The molecule has 0 radical (unpaired) electrons. The number of amides is 1. The third-order valence-corrected chi connectivity index (χ3v) is 5.33. The summed E-state index contributed by atoms with van der Waals surface area (Å²) < 4.78 is 0. The zero-order chi connectivity index (χ0) is 15.3. The first kappa shape index (κ1) is 15.9. The van der Waals surface area contributed by atoms with E-state index < -0.39 is 4.92 Å². The minimum atomic E-state index is -0.488. The number of halogens is 1. The van der Waals surface area contributed by atoms with Crippen LogP contribution in [-0.2, 0) is 0 Å². The molecule has 1 fully saturated rings. The van der Waals surface area contributed by atoms with Gasteiger partial charge in [0.05, 0.1) is 4.92 Å². The van der Waals surface area contributed by atoms with Crippen LogP contribution in [-0.4, -0.2) is 22.7 Å². The lowest BCUT2D eigenvalue weighted by Crippen LogP contribution is -2.40. The maximum Gasteiger partial charge on any atom is 0.270 e. The van der Waals surface area contributed by atoms with E-state index in [4.69, 9.17) is 0 Å². The highest BCUT2D eigenvalue weighted by molar-refractivity contribution is 9.09. The van der Waals surface area contributed by atoms with Gasteiger partial charge < -0.3 is 5.32 Å². The van der Waals surface area contributed by atoms with Crippen LogP contribution in [0.15, 0.2) is 24.3 Å². The number of nitrogens with one attached hydrogen (secondary N) is 1. The molecule has 0 spiro atoms. The largest absolute Gasteiger partial charge is 0.351 e. The summed E-state index contributed by atoms with van der Waals surface area (Å²) in [6.07, 6.45) is 5.85. The molecule has 0 saturated heterocycles. The molecule has 5 nitrogen and oxygen atoms in total. The molecule has 0 aromatic heterocycles. The van der Waals surface area contributed by atoms with Gasteiger partial charge in [-0.1, -0.05) is 41.3 Å². The van der Waals surface area contributed by atoms with Gasteiger partial charge in [0.1, 0.15) is 0 Å². The van der Waals surface area contributed by atoms with Crippen molar-refractivity contribution in [2.75, 3.05) is 11.9 Å². The molecule has 0 unspecified atom stereocenters. The smallest absolute Gasteiger partial charge is 0.270 e. The van der Waals surface area contributed by atoms with Crippen molar-refractivity contribution in [3.8, 4) is 0 Å². The standard InChI is InChI=1S/C15H19BrN2O3/c16-10-15(7-2-1-3-8-15)11-17-14(19)12-5-4-6-13(9-12)18(20)21/h4-6,9H,1-3,7-8,10-11H2,(H,17,19). The van der Waals surface area contributed by atoms with E-state index in [-0.39, 0.29) is 17.0 Å². The van der Waals surface area contributed by atoms with Crippen molar-refractivity contribution in [1.82, 2.24) is 5.32 Å². The van der Waals surface area contributed by atoms with Crippen molar-refractivity contribution in [2.45, 2.75) is 32.1 Å². The molecule has 1 saturated carbocycles. The molecule has 1 aromatic carbocycles. The predicted molar refractivity (Wildman–Crippen MR) is 84.7 cm³/mol. The van der Waals surface area contributed by atoms with Crippen LogP contribution < -0.4 is 5.32 Å². The fourth-order valence-electron chi connectivity index (χ4n) is 2.79. The average molecular weight is 355 g/mol. The summed E-state index contributed by atoms with van der Waals surface area (Å²) in [5, 5.41) is 14.6. The molecule has 1 aliphatic rings. The van der Waals surface area contributed by atoms with Gasteiger partial charge in [-0.2, -0.15) is 0 Å². The summed E-state index contributed by atoms with van der Waals surface area (Å²) in [5.74, 6) is -0.246. The molecule has 2 rings (SSSR count). The molecule has 0 atom stereocenters. The Morgan fingerprint density at radius 3 is 2.67 bits per heavy atom. The molecule has 21 heavy (non-hydrogen) atoms. The Balaban J connectivity index is 2.01. The molecule has 114 valence electrons. The van der Waals surface area contributed by atoms with E-state index >= 15 is 0 Å². The van der Waals surface area contributed by atoms with E-state index in [0.717, 1.165) is 18.2 Å². The number of nitro groups is 1. The highest BCUT2D eigenvalue weighted by Gasteiger charge is 2.31. The number of nitro benzene ring substituents is 1. The van der Waals surface area contributed by atoms with Crippen molar-refractivity contribution < 1.29 is 9.72 Å². The van der Waals surface area contributed by atoms with Gasteiger partial charge in [0.2, 0.25) is 0 Å². The minimum Gasteiger partial charge on any atom is -0.351 e. The lowest BCUT2D eigenvalue weighted by atomic mass is 9.75. The molecule has 1 aliphatic carbocycles. The van der Waals surface area contributed by atoms with Crippen molar-refractivity contribution >= 4 is 27.5 Å². The van der Waals surface area contributed by atoms with Crippen molar-refractivity contribution in [2.24, 2.45) is 5.41 Å². The predicted octanol–water partition coefficient (Wildman–Crippen LogP) is 3.67. The van der Waals surface area contributed by atoms with Crippen LogP contribution in [0.4, 0.5) is 5.69 Å². The molecule has 6 heteroatoms. The van der Waals surface area contributed by atoms with E-state index in [1.54, 1.807) is 6.07 Å². The van der Waals surface area contributed by atoms with Crippen LogP contribution in [0.3, 0.4) is 0 Å². The number of hydrogen-bond donors (Lipinski definition) is 1. The quantitative estimate of drug-likeness (QED) is 0.498. The van der Waals surface area contributed by atoms with Crippen molar-refractivity contribution in [1.29, 1.82) is 0 Å². The maximum atomic E-state index is 12.2. The van der Waals surface area contributed by atoms with Gasteiger partial charge >= 0.3 is 0 Å². The maximum absolute atomic E-state index is 12.2. The second kappa shape index (κ2) is 7.02. The number of benzene rings is 1. The van der Waals surface area contributed by atoms with E-state index in [9.17, 15) is 14.9 Å². The Kier molecular flexibility index (Phi) is 5.33. The van der Waals surface area contributed by atoms with Crippen LogP contribution in [0.25, 0.3) is 0 Å². The summed E-state index contributed by atoms with van der Waals surface area (Å²) in [5.41, 5.74) is 0.398. The number of carbonyl (C=O) groups is 1. The number of rotatable bonds is 5. The number of hydrogen-bond acceptors (Lipinski definition) is 3. The van der Waals surface area contributed by atoms with Gasteiger partial charge in [0.15, 0.2) is 0 Å². The van der Waals surface area contributed by atoms with Crippen LogP contribution >= 0.6 is 15.9 Å². The summed E-state index contributed by atoms with van der Waals surface area (Å²) in [4.78, 5) is 22.4. The summed E-state index contributed by atoms with van der Waals surface area (Å²) in [6.45, 7) is 0.611. The zero-order valence-electron chi connectivity index (χ0n) is 11.8. The normalized spacial score (nSPS) is 17.2. The molecule has 0 heterocycles. The number of nitrogens with zero attached hydrogens (tertiary/aromatic N) is 1. The van der Waals surface area contributed by atoms with Crippen molar-refractivity contribution in [3.63, 3.8) is 0 Å². The lowest BCUT2D eigenvalue weighted by Gasteiger charge is -2.35. The van der Waals surface area contributed by atoms with Gasteiger partial charge in [-0.05, 0) is 24.3 Å². The van der Waals surface area contributed by atoms with Gasteiger partial charge in [-0.25, -0.2) is 0 Å². The Labute approximate surface area is 132 Å². The number of non-ortho nitro benzene ring substituents is 1. The Morgan fingerprint density at radius 2 is 2.05 bits per heavy atom. The van der Waals surface area contributed by atoms with Crippen LogP contribution in [0, 0.1) is 15.5 Å². The molecule has 0 aliphatic heterocycles. The summed E-state index contributed by atoms with van der Waals surface area (Å²) in [6, 6.07) is 5.84. The van der Waals surface area contributed by atoms with Gasteiger partial charge in [0, 0.05) is 29.6 Å². The molecular formula is C15H19BrN2O3. The SMILES string of the molecule is O=C(NCC1(CBr)CCCCC1)c1cccc([N+](=O)[O-])c1. The average Bonchev–Trinajstić information content (AvgIpc) is 2.53. The zero-order valence-corrected chi connectivity index (χ0v) is 13.4. The topological polar surface area (TPSA) is 72.2 Å². The second-order valence-electron chi connectivity index (χ2n) is 5.68. The Bertz CT molecular complexity index is 527. The number of alkyl halides is 1. The second-order valence-corrected chi connectivity index (χ2v) is 6.25. The van der Waals surface area contributed by atoms with E-state index in [1.165, 1.54) is 37.5 Å². The summed E-state index contributed by atoms with van der Waals surface area (Å²) in [7, 11) is 0. The molecular weight excluding hydrogens is 336 g/mol. The van der Waals surface area contributed by atoms with Crippen LogP contribution in [0.1, 0.15) is 42.5 Å². The monoisotopic (exact) mass is 354 g/mol. The van der Waals surface area contributed by atoms with E-state index in [1.807, 2.05) is 0 Å². The highest BCUT2D eigenvalue weighted by Crippen LogP contribution is 2.37. The number of carbonyl (C=O) groups excluding carboxylic acids is 1. The third-order valence-electron chi connectivity index (χ3n) is 4.14. The molecule has 1 N–H and O–H groups in total. The fraction of sp³-hybridized carbons (Fsp3) is 0.533. The van der Waals surface area contributed by atoms with E-state index in [2.05, 4.69) is 21.2 Å². The Hall–Kier alpha value is -1.43. The minimum absolute atomic E-state index is 0.0597. The highest BCUT2D eigenvalue weighted by atomic mass is 79.9. The van der Waals surface area contributed by atoms with Gasteiger partial charge in [-0.3, -0.25) is 14.9 Å². The first-order valence-corrected chi connectivity index (χ1v) is 8.27. The summed E-state index contributed by atoms with van der Waals surface area (Å²) >= 11 is 3.56. The van der Waals surface area contributed by atoms with Crippen LogP contribution in [0.2, 0.25) is 0 Å². The first-order chi connectivity index (χ1) is 10.1. The van der Waals surface area contributed by atoms with Gasteiger partial charge in [-0.15, -0.1) is 0 Å². The molecule has 0 bridgehead atoms. The third kappa shape index (κ3) is 4.03. The molecule has 1 aromatic rings. The fourth-order valence-corrected chi connectivity index (χ4v) is 3.55. The van der Waals surface area contributed by atoms with Crippen molar-refractivity contribution in [3.05, 3.63) is 39.9 Å². The van der Waals surface area contributed by atoms with Crippen LogP contribution in [0.5, 0.6) is 0 Å². The van der Waals surface area contributed by atoms with Gasteiger partial charge in [0.25, 0.3) is 11.6 Å².